The fraction of sp³-hybridized carbons (Fsp3) is 0.583. The van der Waals surface area contributed by atoms with Crippen LogP contribution in [0.1, 0.15) is 37.3 Å². The van der Waals surface area contributed by atoms with E-state index in [1.54, 1.807) is 7.11 Å². The molecule has 0 unspecified atom stereocenters. The van der Waals surface area contributed by atoms with Gasteiger partial charge in [0.05, 0.1) is 7.11 Å². The first kappa shape index (κ1) is 22.2. The quantitative estimate of drug-likeness (QED) is 0.605. The third kappa shape index (κ3) is 4.60. The summed E-state index contributed by atoms with van der Waals surface area (Å²) in [6, 6.07) is 4.45. The molecule has 4 rings (SSSR count). The third-order valence-corrected chi connectivity index (χ3v) is 7.47. The number of hydrogen-bond donors (Lipinski definition) is 0. The van der Waals surface area contributed by atoms with Gasteiger partial charge in [0.1, 0.15) is 5.75 Å². The summed E-state index contributed by atoms with van der Waals surface area (Å²) >= 11 is 6.49. The Bertz CT molecular complexity index is 869. The van der Waals surface area contributed by atoms with Crippen molar-refractivity contribution < 1.29 is 14.3 Å². The second-order valence-electron chi connectivity index (χ2n) is 9.22. The molecular formula is C24H32ClN3O3. The topological polar surface area (TPSA) is 53.1 Å². The van der Waals surface area contributed by atoms with E-state index in [0.717, 1.165) is 68.4 Å². The molecule has 3 fully saturated rings. The van der Waals surface area contributed by atoms with Crippen LogP contribution in [0.25, 0.3) is 0 Å². The molecule has 1 aliphatic carbocycles. The van der Waals surface area contributed by atoms with Crippen LogP contribution in [0.4, 0.5) is 0 Å². The van der Waals surface area contributed by atoms with Crippen molar-refractivity contribution >= 4 is 23.4 Å². The van der Waals surface area contributed by atoms with Gasteiger partial charge in [-0.3, -0.25) is 14.5 Å². The van der Waals surface area contributed by atoms with Crippen LogP contribution in [0.5, 0.6) is 5.75 Å². The van der Waals surface area contributed by atoms with E-state index in [-0.39, 0.29) is 17.2 Å². The van der Waals surface area contributed by atoms with E-state index in [1.165, 1.54) is 11.6 Å². The molecule has 0 atom stereocenters. The molecule has 7 heteroatoms. The Morgan fingerprint density at radius 3 is 2.45 bits per heavy atom. The van der Waals surface area contributed by atoms with Crippen LogP contribution in [0.2, 0.25) is 5.02 Å². The Kier molecular flexibility index (Phi) is 6.31. The van der Waals surface area contributed by atoms with Crippen molar-refractivity contribution in [1.82, 2.24) is 14.7 Å². The van der Waals surface area contributed by atoms with Crippen LogP contribution in [-0.2, 0) is 21.4 Å². The van der Waals surface area contributed by atoms with Gasteiger partial charge in [0.25, 0.3) is 0 Å². The zero-order valence-electron chi connectivity index (χ0n) is 18.5. The molecule has 3 aliphatic rings. The van der Waals surface area contributed by atoms with Gasteiger partial charge in [-0.15, -0.1) is 0 Å². The number of rotatable bonds is 7. The van der Waals surface area contributed by atoms with Crippen LogP contribution >= 0.6 is 11.6 Å². The minimum absolute atomic E-state index is 0.00141. The Morgan fingerprint density at radius 2 is 1.87 bits per heavy atom. The highest BCUT2D eigenvalue weighted by molar-refractivity contribution is 6.31. The molecule has 31 heavy (non-hydrogen) atoms. The van der Waals surface area contributed by atoms with Gasteiger partial charge in [0.2, 0.25) is 11.8 Å². The van der Waals surface area contributed by atoms with Gasteiger partial charge in [-0.1, -0.05) is 31.2 Å². The largest absolute Gasteiger partial charge is 0.496 e. The van der Waals surface area contributed by atoms with Crippen molar-refractivity contribution in [3.05, 3.63) is 40.9 Å². The van der Waals surface area contributed by atoms with Crippen LogP contribution < -0.4 is 4.74 Å². The fourth-order valence-electron chi connectivity index (χ4n) is 4.64. The average Bonchev–Trinajstić information content (AvgIpc) is 3.49. The van der Waals surface area contributed by atoms with Crippen LogP contribution in [0, 0.1) is 0 Å². The molecular weight excluding hydrogens is 414 g/mol. The number of halogens is 1. The summed E-state index contributed by atoms with van der Waals surface area (Å²) < 4.78 is 5.53. The van der Waals surface area contributed by atoms with Gasteiger partial charge >= 0.3 is 0 Å². The van der Waals surface area contributed by atoms with Crippen LogP contribution in [-0.4, -0.2) is 78.9 Å². The summed E-state index contributed by atoms with van der Waals surface area (Å²) in [5, 5.41) is 0.757. The lowest BCUT2D eigenvalue weighted by molar-refractivity contribution is -0.136. The second-order valence-corrected chi connectivity index (χ2v) is 9.63. The lowest BCUT2D eigenvalue weighted by atomic mass is 9.94. The van der Waals surface area contributed by atoms with E-state index < -0.39 is 0 Å². The minimum atomic E-state index is 0.00141. The first-order valence-electron chi connectivity index (χ1n) is 11.1. The highest BCUT2D eigenvalue weighted by atomic mass is 35.5. The summed E-state index contributed by atoms with van der Waals surface area (Å²) in [6.07, 6.45) is 4.81. The van der Waals surface area contributed by atoms with Gasteiger partial charge in [-0.05, 0) is 47.9 Å². The fourth-order valence-corrected chi connectivity index (χ4v) is 5.02. The monoisotopic (exact) mass is 445 g/mol. The number of methoxy groups -OCH3 is 1. The van der Waals surface area contributed by atoms with Crippen molar-refractivity contribution in [3.8, 4) is 5.75 Å². The Labute approximate surface area is 189 Å². The standard InChI is InChI=1S/C24H32ClN3O3/c1-4-22(29)28-15-18(16-28)26-9-11-27(12-10-26)23(30)6-5-17-13-19(24(2)7-8-24)20(25)14-21(17)31-3/h4,13-14,18H,1,5-12,15-16H2,2-3H3. The summed E-state index contributed by atoms with van der Waals surface area (Å²) in [6.45, 7) is 10.5. The molecule has 0 spiro atoms. The van der Waals surface area contributed by atoms with Gasteiger partial charge in [-0.2, -0.15) is 0 Å². The molecule has 1 saturated carbocycles. The van der Waals surface area contributed by atoms with E-state index in [4.69, 9.17) is 16.3 Å². The molecule has 2 saturated heterocycles. The molecule has 168 valence electrons. The summed E-state index contributed by atoms with van der Waals surface area (Å²) in [5.41, 5.74) is 2.41. The van der Waals surface area contributed by atoms with Crippen molar-refractivity contribution in [2.75, 3.05) is 46.4 Å². The van der Waals surface area contributed by atoms with E-state index in [2.05, 4.69) is 24.5 Å². The average molecular weight is 446 g/mol. The van der Waals surface area contributed by atoms with Crippen molar-refractivity contribution in [2.45, 2.75) is 44.1 Å². The van der Waals surface area contributed by atoms with Crippen LogP contribution in [0.3, 0.4) is 0 Å². The third-order valence-electron chi connectivity index (χ3n) is 7.16. The van der Waals surface area contributed by atoms with E-state index in [9.17, 15) is 9.59 Å². The van der Waals surface area contributed by atoms with Crippen molar-refractivity contribution in [1.29, 1.82) is 0 Å². The molecule has 1 aromatic rings. The maximum atomic E-state index is 12.8. The number of carbonyl (C=O) groups excluding carboxylic acids is 2. The number of ether oxygens (including phenoxy) is 1. The van der Waals surface area contributed by atoms with Crippen molar-refractivity contribution in [3.63, 3.8) is 0 Å². The summed E-state index contributed by atoms with van der Waals surface area (Å²) in [5.74, 6) is 0.952. The number of aryl methyl sites for hydroxylation is 1. The van der Waals surface area contributed by atoms with Gasteiger partial charge in [0, 0.05) is 56.8 Å². The van der Waals surface area contributed by atoms with Crippen LogP contribution in [0.15, 0.2) is 24.8 Å². The van der Waals surface area contributed by atoms with Crippen molar-refractivity contribution in [2.24, 2.45) is 0 Å². The number of hydrogen-bond acceptors (Lipinski definition) is 4. The minimum Gasteiger partial charge on any atom is -0.496 e. The van der Waals surface area contributed by atoms with E-state index >= 15 is 0 Å². The highest BCUT2D eigenvalue weighted by Crippen LogP contribution is 2.51. The Morgan fingerprint density at radius 1 is 1.19 bits per heavy atom. The number of benzene rings is 1. The number of piperazine rings is 1. The smallest absolute Gasteiger partial charge is 0.246 e. The molecule has 1 aromatic carbocycles. The molecule has 2 heterocycles. The van der Waals surface area contributed by atoms with Gasteiger partial charge < -0.3 is 14.5 Å². The Hall–Kier alpha value is -2.05. The molecule has 0 aromatic heterocycles. The van der Waals surface area contributed by atoms with Gasteiger partial charge in [-0.25, -0.2) is 0 Å². The predicted molar refractivity (Wildman–Crippen MR) is 122 cm³/mol. The van der Waals surface area contributed by atoms with Gasteiger partial charge in [0.15, 0.2) is 0 Å². The van der Waals surface area contributed by atoms with E-state index in [1.807, 2.05) is 15.9 Å². The lowest BCUT2D eigenvalue weighted by Gasteiger charge is -2.47. The molecule has 0 N–H and O–H groups in total. The highest BCUT2D eigenvalue weighted by Gasteiger charge is 2.41. The number of nitrogens with zero attached hydrogens (tertiary/aromatic N) is 3. The Balaban J connectivity index is 1.28. The maximum absolute atomic E-state index is 12.8. The normalized spacial score (nSPS) is 20.9. The first-order valence-corrected chi connectivity index (χ1v) is 11.5. The zero-order chi connectivity index (χ0) is 22.2. The lowest BCUT2D eigenvalue weighted by Crippen LogP contribution is -2.64. The second kappa shape index (κ2) is 8.83. The maximum Gasteiger partial charge on any atom is 0.246 e. The molecule has 0 radical (unpaired) electrons. The zero-order valence-corrected chi connectivity index (χ0v) is 19.3. The molecule has 6 nitrogen and oxygen atoms in total. The molecule has 2 amide bonds. The number of carbonyl (C=O) groups is 2. The molecule has 0 bridgehead atoms. The SMILES string of the molecule is C=CC(=O)N1CC(N2CCN(C(=O)CCc3cc(C4(C)CC4)c(Cl)cc3OC)CC2)C1. The molecule has 2 aliphatic heterocycles. The summed E-state index contributed by atoms with van der Waals surface area (Å²) in [4.78, 5) is 30.6. The predicted octanol–water partition coefficient (Wildman–Crippen LogP) is 2.87. The number of likely N-dealkylation sites (tertiary alicyclic amines) is 1. The summed E-state index contributed by atoms with van der Waals surface area (Å²) in [7, 11) is 1.65. The van der Waals surface area contributed by atoms with E-state index in [0.29, 0.717) is 18.9 Å². The number of amides is 2. The first-order chi connectivity index (χ1) is 14.8.